The molecule has 1 aliphatic rings. The molecule has 4 rings (SSSR count). The molecule has 8 heteroatoms. The summed E-state index contributed by atoms with van der Waals surface area (Å²) in [6, 6.07) is 11.5. The number of nitrogens with zero attached hydrogens (tertiary/aromatic N) is 1. The Morgan fingerprint density at radius 3 is 2.52 bits per heavy atom. The van der Waals surface area contributed by atoms with E-state index in [1.165, 1.54) is 17.4 Å². The summed E-state index contributed by atoms with van der Waals surface area (Å²) >= 11 is 1.23. The highest BCUT2D eigenvalue weighted by molar-refractivity contribution is 7.23. The van der Waals surface area contributed by atoms with Gasteiger partial charge in [-0.2, -0.15) is 0 Å². The maximum atomic E-state index is 13.4. The second-order valence-corrected chi connectivity index (χ2v) is 9.56. The number of thiophene rings is 1. The zero-order valence-electron chi connectivity index (χ0n) is 17.5. The monoisotopic (exact) mass is 439 g/mol. The average Bonchev–Trinajstić information content (AvgIpc) is 3.48. The number of benzene rings is 1. The molecule has 7 nitrogen and oxygen atoms in total. The molecule has 3 N–H and O–H groups in total. The number of carbonyl (C=O) groups excluding carboxylic acids is 2. The van der Waals surface area contributed by atoms with Crippen molar-refractivity contribution < 1.29 is 14.7 Å². The Bertz CT molecular complexity index is 1190. The highest BCUT2D eigenvalue weighted by atomic mass is 32.1. The molecule has 0 bridgehead atoms. The number of aliphatic hydroxyl groups is 1. The van der Waals surface area contributed by atoms with Crippen molar-refractivity contribution in [3.63, 3.8) is 0 Å². The number of fused-ring (bicyclic) bond motifs is 1. The number of rotatable bonds is 7. The van der Waals surface area contributed by atoms with Crippen LogP contribution in [0.15, 0.2) is 47.3 Å². The van der Waals surface area contributed by atoms with Gasteiger partial charge < -0.3 is 10.4 Å². The van der Waals surface area contributed by atoms with Gasteiger partial charge in [-0.25, -0.2) is 4.79 Å². The second kappa shape index (κ2) is 8.28. The quantitative estimate of drug-likeness (QED) is 0.490. The standard InChI is InChI=1S/C23H25N3O4S/c1-23(2,30)13-24-22(29)25-20-18(19(28)15-6-4-3-5-7-15)16-10-11-17(27)26(21(16)31-20)12-14-8-9-14/h3-7,10-11,14,30H,8-9,12-13H2,1-2H3,(H2,24,25,29). The van der Waals surface area contributed by atoms with E-state index in [-0.39, 0.29) is 17.9 Å². The fourth-order valence-corrected chi connectivity index (χ4v) is 4.55. The van der Waals surface area contributed by atoms with Crippen LogP contribution in [0.2, 0.25) is 0 Å². The molecule has 0 saturated heterocycles. The summed E-state index contributed by atoms with van der Waals surface area (Å²) in [5.41, 5.74) is -0.307. The van der Waals surface area contributed by atoms with Gasteiger partial charge in [0, 0.05) is 30.1 Å². The molecule has 162 valence electrons. The molecular formula is C23H25N3O4S. The molecule has 1 aliphatic carbocycles. The van der Waals surface area contributed by atoms with E-state index in [2.05, 4.69) is 10.6 Å². The number of ketones is 1. The van der Waals surface area contributed by atoms with Crippen molar-refractivity contribution in [2.45, 2.75) is 38.8 Å². The highest BCUT2D eigenvalue weighted by Gasteiger charge is 2.27. The molecule has 0 unspecified atom stereocenters. The molecule has 0 radical (unpaired) electrons. The van der Waals surface area contributed by atoms with Crippen molar-refractivity contribution in [3.05, 3.63) is 63.9 Å². The third-order valence-electron chi connectivity index (χ3n) is 5.14. The average molecular weight is 440 g/mol. The topological polar surface area (TPSA) is 100 Å². The Balaban J connectivity index is 1.78. The maximum absolute atomic E-state index is 13.4. The number of carbonyl (C=O) groups is 2. The maximum Gasteiger partial charge on any atom is 0.319 e. The van der Waals surface area contributed by atoms with Crippen molar-refractivity contribution in [1.82, 2.24) is 9.88 Å². The number of nitrogens with one attached hydrogen (secondary N) is 2. The van der Waals surface area contributed by atoms with Gasteiger partial charge in [0.25, 0.3) is 5.56 Å². The van der Waals surface area contributed by atoms with Crippen molar-refractivity contribution in [3.8, 4) is 0 Å². The molecule has 0 spiro atoms. The van der Waals surface area contributed by atoms with Gasteiger partial charge in [0.15, 0.2) is 5.78 Å². The van der Waals surface area contributed by atoms with Crippen LogP contribution in [0, 0.1) is 5.92 Å². The third-order valence-corrected chi connectivity index (χ3v) is 6.28. The lowest BCUT2D eigenvalue weighted by atomic mass is 10.0. The van der Waals surface area contributed by atoms with Gasteiger partial charge in [0.05, 0.1) is 11.2 Å². The van der Waals surface area contributed by atoms with Crippen LogP contribution in [0.5, 0.6) is 0 Å². The molecule has 2 aromatic heterocycles. The largest absolute Gasteiger partial charge is 0.389 e. The van der Waals surface area contributed by atoms with Crippen LogP contribution in [0.4, 0.5) is 9.80 Å². The molecule has 3 aromatic rings. The van der Waals surface area contributed by atoms with Gasteiger partial charge in [0.1, 0.15) is 9.83 Å². The fourth-order valence-electron chi connectivity index (χ4n) is 3.35. The molecule has 1 fully saturated rings. The van der Waals surface area contributed by atoms with Crippen LogP contribution < -0.4 is 16.2 Å². The first-order chi connectivity index (χ1) is 14.7. The van der Waals surface area contributed by atoms with Crippen LogP contribution >= 0.6 is 11.3 Å². The summed E-state index contributed by atoms with van der Waals surface area (Å²) in [5.74, 6) is 0.256. The predicted octanol–water partition coefficient (Wildman–Crippen LogP) is 3.60. The molecule has 2 amide bonds. The summed E-state index contributed by atoms with van der Waals surface area (Å²) in [6.45, 7) is 3.85. The summed E-state index contributed by atoms with van der Waals surface area (Å²) < 4.78 is 1.71. The van der Waals surface area contributed by atoms with Crippen LogP contribution in [-0.2, 0) is 6.54 Å². The van der Waals surface area contributed by atoms with E-state index >= 15 is 0 Å². The van der Waals surface area contributed by atoms with E-state index in [0.29, 0.717) is 38.8 Å². The lowest BCUT2D eigenvalue weighted by Gasteiger charge is -2.17. The first-order valence-electron chi connectivity index (χ1n) is 10.3. The lowest BCUT2D eigenvalue weighted by Crippen LogP contribution is -2.40. The Labute approximate surface area is 183 Å². The zero-order chi connectivity index (χ0) is 22.2. The van der Waals surface area contributed by atoms with E-state index in [9.17, 15) is 19.5 Å². The van der Waals surface area contributed by atoms with E-state index in [0.717, 1.165) is 12.8 Å². The number of amides is 2. The van der Waals surface area contributed by atoms with Gasteiger partial charge in [0.2, 0.25) is 0 Å². The third kappa shape index (κ3) is 4.86. The van der Waals surface area contributed by atoms with E-state index < -0.39 is 11.6 Å². The molecule has 0 atom stereocenters. The molecule has 0 aliphatic heterocycles. The minimum atomic E-state index is -1.06. The second-order valence-electron chi connectivity index (χ2n) is 8.57. The Hall–Kier alpha value is -2.97. The number of hydrogen-bond donors (Lipinski definition) is 3. The summed E-state index contributed by atoms with van der Waals surface area (Å²) in [6.07, 6.45) is 2.18. The Morgan fingerprint density at radius 2 is 1.87 bits per heavy atom. The van der Waals surface area contributed by atoms with E-state index in [1.807, 2.05) is 6.07 Å². The van der Waals surface area contributed by atoms with E-state index in [1.54, 1.807) is 48.7 Å². The van der Waals surface area contributed by atoms with Crippen molar-refractivity contribution in [1.29, 1.82) is 0 Å². The Kier molecular flexibility index (Phi) is 5.68. The van der Waals surface area contributed by atoms with Crippen molar-refractivity contribution >= 4 is 38.4 Å². The first-order valence-corrected chi connectivity index (χ1v) is 11.1. The summed E-state index contributed by atoms with van der Waals surface area (Å²) in [7, 11) is 0. The van der Waals surface area contributed by atoms with Crippen molar-refractivity contribution in [2.24, 2.45) is 5.92 Å². The Morgan fingerprint density at radius 1 is 1.16 bits per heavy atom. The SMILES string of the molecule is CC(C)(O)CNC(=O)Nc1sc2c(ccc(=O)n2CC2CC2)c1C(=O)c1ccccc1. The zero-order valence-corrected chi connectivity index (χ0v) is 18.3. The summed E-state index contributed by atoms with van der Waals surface area (Å²) in [4.78, 5) is 39.1. The molecular weight excluding hydrogens is 414 g/mol. The van der Waals surface area contributed by atoms with Crippen LogP contribution in [0.25, 0.3) is 10.2 Å². The van der Waals surface area contributed by atoms with Gasteiger partial charge in [-0.3, -0.25) is 19.5 Å². The molecule has 31 heavy (non-hydrogen) atoms. The highest BCUT2D eigenvalue weighted by Crippen LogP contribution is 2.38. The number of hydrogen-bond acceptors (Lipinski definition) is 5. The van der Waals surface area contributed by atoms with Crippen molar-refractivity contribution in [2.75, 3.05) is 11.9 Å². The van der Waals surface area contributed by atoms with Gasteiger partial charge in [-0.1, -0.05) is 41.7 Å². The smallest absolute Gasteiger partial charge is 0.319 e. The van der Waals surface area contributed by atoms with Gasteiger partial charge in [-0.15, -0.1) is 0 Å². The van der Waals surface area contributed by atoms with Crippen LogP contribution in [-0.4, -0.2) is 33.6 Å². The number of anilines is 1. The molecule has 2 heterocycles. The predicted molar refractivity (Wildman–Crippen MR) is 122 cm³/mol. The van der Waals surface area contributed by atoms with Crippen LogP contribution in [0.3, 0.4) is 0 Å². The van der Waals surface area contributed by atoms with Gasteiger partial charge in [-0.05, 0) is 38.7 Å². The summed E-state index contributed by atoms with van der Waals surface area (Å²) in [5, 5.41) is 16.3. The fraction of sp³-hybridized carbons (Fsp3) is 0.348. The van der Waals surface area contributed by atoms with Crippen LogP contribution in [0.1, 0.15) is 42.6 Å². The lowest BCUT2D eigenvalue weighted by molar-refractivity contribution is 0.0826. The van der Waals surface area contributed by atoms with Gasteiger partial charge >= 0.3 is 6.03 Å². The molecule has 1 aromatic carbocycles. The number of aromatic nitrogens is 1. The first kappa shape index (κ1) is 21.3. The molecule has 1 saturated carbocycles. The van der Waals surface area contributed by atoms with E-state index in [4.69, 9.17) is 0 Å². The number of pyridine rings is 1. The normalized spacial score (nSPS) is 13.9. The minimum absolute atomic E-state index is 0.0537. The number of urea groups is 1. The minimum Gasteiger partial charge on any atom is -0.389 e.